The second kappa shape index (κ2) is 5.84. The van der Waals surface area contributed by atoms with Crippen LogP contribution in [0.5, 0.6) is 0 Å². The summed E-state index contributed by atoms with van der Waals surface area (Å²) < 4.78 is 24.4. The van der Waals surface area contributed by atoms with Crippen LogP contribution in [-0.2, 0) is 16.9 Å². The Morgan fingerprint density at radius 3 is 2.65 bits per heavy atom. The lowest BCUT2D eigenvalue weighted by Crippen LogP contribution is -2.30. The van der Waals surface area contributed by atoms with Crippen LogP contribution in [-0.4, -0.2) is 36.8 Å². The lowest BCUT2D eigenvalue weighted by atomic mass is 10.2. The first-order valence-corrected chi connectivity index (χ1v) is 7.87. The molecule has 1 aromatic heterocycles. The predicted octanol–water partition coefficient (Wildman–Crippen LogP) is 1.16. The zero-order valence-electron chi connectivity index (χ0n) is 10.3. The Morgan fingerprint density at radius 1 is 1.59 bits per heavy atom. The molecule has 1 unspecified atom stereocenters. The molecule has 7 heteroatoms. The number of halogens is 1. The highest BCUT2D eigenvalue weighted by Gasteiger charge is 2.22. The summed E-state index contributed by atoms with van der Waals surface area (Å²) in [5.74, 6) is 0.0201. The molecule has 1 N–H and O–H groups in total. The average Bonchev–Trinajstić information content (AvgIpc) is 2.52. The van der Waals surface area contributed by atoms with Crippen LogP contribution in [0.3, 0.4) is 0 Å². The molecule has 0 amide bonds. The van der Waals surface area contributed by atoms with E-state index in [0.29, 0.717) is 10.7 Å². The van der Waals surface area contributed by atoms with Crippen molar-refractivity contribution in [2.45, 2.75) is 19.4 Å². The number of aromatic nitrogens is 2. The van der Waals surface area contributed by atoms with Crippen molar-refractivity contribution < 1.29 is 8.42 Å². The smallest absolute Gasteiger partial charge is 0.149 e. The van der Waals surface area contributed by atoms with Gasteiger partial charge in [-0.2, -0.15) is 5.10 Å². The highest BCUT2D eigenvalue weighted by atomic mass is 35.5. The Bertz CT molecular complexity index is 450. The average molecular weight is 280 g/mol. The molecule has 98 valence electrons. The summed E-state index contributed by atoms with van der Waals surface area (Å²) in [7, 11) is -1.32. The summed E-state index contributed by atoms with van der Waals surface area (Å²) in [4.78, 5) is 0. The Kier molecular flexibility index (Phi) is 4.97. The van der Waals surface area contributed by atoms with E-state index < -0.39 is 9.84 Å². The molecule has 5 nitrogen and oxygen atoms in total. The van der Waals surface area contributed by atoms with E-state index in [-0.39, 0.29) is 11.8 Å². The maximum Gasteiger partial charge on any atom is 0.149 e. The van der Waals surface area contributed by atoms with Crippen LogP contribution in [0.1, 0.15) is 25.1 Å². The third-order valence-corrected chi connectivity index (χ3v) is 3.61. The molecule has 0 aromatic carbocycles. The van der Waals surface area contributed by atoms with Crippen molar-refractivity contribution in [2.75, 3.05) is 18.6 Å². The fraction of sp³-hybridized carbons (Fsp3) is 0.700. The van der Waals surface area contributed by atoms with E-state index in [1.165, 1.54) is 12.5 Å². The largest absolute Gasteiger partial charge is 0.308 e. The van der Waals surface area contributed by atoms with Crippen molar-refractivity contribution in [3.8, 4) is 0 Å². The molecule has 0 spiro atoms. The monoisotopic (exact) mass is 279 g/mol. The fourth-order valence-corrected chi connectivity index (χ4v) is 2.85. The van der Waals surface area contributed by atoms with Crippen molar-refractivity contribution in [2.24, 2.45) is 7.05 Å². The summed E-state index contributed by atoms with van der Waals surface area (Å²) in [5.41, 5.74) is 0.713. The minimum Gasteiger partial charge on any atom is -0.308 e. The molecule has 0 fully saturated rings. The van der Waals surface area contributed by atoms with Crippen LogP contribution in [0.25, 0.3) is 0 Å². The van der Waals surface area contributed by atoms with Gasteiger partial charge in [0.1, 0.15) is 9.84 Å². The van der Waals surface area contributed by atoms with Crippen LogP contribution in [0.4, 0.5) is 0 Å². The van der Waals surface area contributed by atoms with Gasteiger partial charge in [-0.15, -0.1) is 0 Å². The highest BCUT2D eigenvalue weighted by Crippen LogP contribution is 2.23. The summed E-state index contributed by atoms with van der Waals surface area (Å²) >= 11 is 6.03. The zero-order chi connectivity index (χ0) is 13.1. The molecule has 17 heavy (non-hydrogen) atoms. The van der Waals surface area contributed by atoms with E-state index in [2.05, 4.69) is 10.4 Å². The van der Waals surface area contributed by atoms with Crippen molar-refractivity contribution in [1.82, 2.24) is 15.1 Å². The maximum absolute atomic E-state index is 11.4. The molecule has 0 radical (unpaired) electrons. The summed E-state index contributed by atoms with van der Waals surface area (Å²) in [6.45, 7) is 2.76. The number of hydrogen-bond donors (Lipinski definition) is 1. The van der Waals surface area contributed by atoms with Gasteiger partial charge in [-0.1, -0.05) is 18.5 Å². The van der Waals surface area contributed by atoms with Gasteiger partial charge in [-0.25, -0.2) is 8.42 Å². The third-order valence-electron chi connectivity index (χ3n) is 2.38. The van der Waals surface area contributed by atoms with Gasteiger partial charge >= 0.3 is 0 Å². The summed E-state index contributed by atoms with van der Waals surface area (Å²) in [5, 5.41) is 7.70. The molecule has 0 bridgehead atoms. The molecule has 0 aliphatic rings. The number of nitrogens with zero attached hydrogens (tertiary/aromatic N) is 2. The molecule has 1 aromatic rings. The highest BCUT2D eigenvalue weighted by molar-refractivity contribution is 7.90. The van der Waals surface area contributed by atoms with Crippen molar-refractivity contribution >= 4 is 21.4 Å². The summed E-state index contributed by atoms with van der Waals surface area (Å²) in [6.07, 6.45) is 3.67. The third kappa shape index (κ3) is 4.29. The second-order valence-electron chi connectivity index (χ2n) is 4.10. The molecule has 1 heterocycles. The SMILES string of the molecule is CCCNC(CS(C)(=O)=O)c1c(Cl)cnn1C. The second-order valence-corrected chi connectivity index (χ2v) is 6.69. The van der Waals surface area contributed by atoms with Crippen LogP contribution < -0.4 is 5.32 Å². The van der Waals surface area contributed by atoms with E-state index in [0.717, 1.165) is 13.0 Å². The minimum atomic E-state index is -3.08. The Labute approximate surface area is 107 Å². The number of nitrogens with one attached hydrogen (secondary N) is 1. The lowest BCUT2D eigenvalue weighted by Gasteiger charge is -2.18. The standard InChI is InChI=1S/C10H18ClN3O2S/c1-4-5-12-9(7-17(3,15)16)10-8(11)6-13-14(10)2/h6,9,12H,4-5,7H2,1-3H3. The predicted molar refractivity (Wildman–Crippen MR) is 69.0 cm³/mol. The normalized spacial score (nSPS) is 13.9. The number of sulfone groups is 1. The van der Waals surface area contributed by atoms with Crippen LogP contribution in [0.15, 0.2) is 6.20 Å². The van der Waals surface area contributed by atoms with Crippen molar-refractivity contribution in [1.29, 1.82) is 0 Å². The van der Waals surface area contributed by atoms with Gasteiger partial charge in [0.25, 0.3) is 0 Å². The van der Waals surface area contributed by atoms with Gasteiger partial charge in [-0.3, -0.25) is 4.68 Å². The molecular formula is C10H18ClN3O2S. The van der Waals surface area contributed by atoms with Gasteiger partial charge in [0.2, 0.25) is 0 Å². The molecule has 0 saturated carbocycles. The quantitative estimate of drug-likeness (QED) is 0.849. The van der Waals surface area contributed by atoms with Crippen LogP contribution >= 0.6 is 11.6 Å². The zero-order valence-corrected chi connectivity index (χ0v) is 11.8. The van der Waals surface area contributed by atoms with Gasteiger partial charge in [0, 0.05) is 13.3 Å². The van der Waals surface area contributed by atoms with Gasteiger partial charge in [0.05, 0.1) is 28.7 Å². The van der Waals surface area contributed by atoms with E-state index in [4.69, 9.17) is 11.6 Å². The van der Waals surface area contributed by atoms with Gasteiger partial charge < -0.3 is 5.32 Å². The maximum atomic E-state index is 11.4. The Morgan fingerprint density at radius 2 is 2.24 bits per heavy atom. The Balaban J connectivity index is 2.97. The molecular weight excluding hydrogens is 262 g/mol. The first kappa shape index (κ1) is 14.5. The molecule has 0 saturated heterocycles. The van der Waals surface area contributed by atoms with E-state index in [1.54, 1.807) is 11.7 Å². The van der Waals surface area contributed by atoms with Gasteiger partial charge in [0.15, 0.2) is 0 Å². The molecule has 0 aliphatic heterocycles. The van der Waals surface area contributed by atoms with Crippen molar-refractivity contribution in [3.63, 3.8) is 0 Å². The van der Waals surface area contributed by atoms with E-state index >= 15 is 0 Å². The number of hydrogen-bond acceptors (Lipinski definition) is 4. The van der Waals surface area contributed by atoms with Crippen LogP contribution in [0.2, 0.25) is 5.02 Å². The molecule has 1 atom stereocenters. The number of aryl methyl sites for hydroxylation is 1. The minimum absolute atomic E-state index is 0.0201. The Hall–Kier alpha value is -0.590. The van der Waals surface area contributed by atoms with E-state index in [9.17, 15) is 8.42 Å². The van der Waals surface area contributed by atoms with Crippen LogP contribution in [0, 0.1) is 0 Å². The first-order chi connectivity index (χ1) is 7.85. The fourth-order valence-electron chi connectivity index (χ4n) is 1.67. The number of rotatable bonds is 6. The first-order valence-electron chi connectivity index (χ1n) is 5.43. The molecule has 1 rings (SSSR count). The van der Waals surface area contributed by atoms with E-state index in [1.807, 2.05) is 6.92 Å². The summed E-state index contributed by atoms with van der Waals surface area (Å²) in [6, 6.07) is -0.315. The van der Waals surface area contributed by atoms with Gasteiger partial charge in [-0.05, 0) is 13.0 Å². The molecule has 0 aliphatic carbocycles. The lowest BCUT2D eigenvalue weighted by molar-refractivity contribution is 0.519. The topological polar surface area (TPSA) is 64.0 Å². The van der Waals surface area contributed by atoms with Crippen molar-refractivity contribution in [3.05, 3.63) is 16.9 Å².